The van der Waals surface area contributed by atoms with E-state index in [9.17, 15) is 9.18 Å². The van der Waals surface area contributed by atoms with E-state index in [2.05, 4.69) is 10.6 Å². The molecule has 1 aromatic rings. The molecular weight excluding hydrogens is 299 g/mol. The average Bonchev–Trinajstić information content (AvgIpc) is 2.41. The lowest BCUT2D eigenvalue weighted by Gasteiger charge is -2.24. The minimum Gasteiger partial charge on any atom is -0.444 e. The van der Waals surface area contributed by atoms with E-state index < -0.39 is 11.7 Å². The SMILES string of the molecule is CC(C)(C)OC(=O)NC(CNCCCO)Cc1cccc(F)c1. The minimum absolute atomic E-state index is 0.112. The Bertz CT molecular complexity index is 489. The number of alkyl carbamates (subject to hydrolysis) is 1. The monoisotopic (exact) mass is 326 g/mol. The van der Waals surface area contributed by atoms with Crippen LogP contribution in [0.2, 0.25) is 0 Å². The number of carbonyl (C=O) groups excluding carboxylic acids is 1. The van der Waals surface area contributed by atoms with Crippen molar-refractivity contribution in [3.05, 3.63) is 35.6 Å². The van der Waals surface area contributed by atoms with Crippen molar-refractivity contribution in [1.82, 2.24) is 10.6 Å². The summed E-state index contributed by atoms with van der Waals surface area (Å²) in [5.74, 6) is -0.299. The van der Waals surface area contributed by atoms with Gasteiger partial charge in [-0.1, -0.05) is 12.1 Å². The Morgan fingerprint density at radius 1 is 1.39 bits per heavy atom. The molecule has 6 heteroatoms. The fourth-order valence-electron chi connectivity index (χ4n) is 2.08. The summed E-state index contributed by atoms with van der Waals surface area (Å²) < 4.78 is 18.6. The summed E-state index contributed by atoms with van der Waals surface area (Å²) in [4.78, 5) is 11.9. The number of ether oxygens (including phenoxy) is 1. The molecule has 1 aromatic carbocycles. The van der Waals surface area contributed by atoms with Crippen LogP contribution in [-0.2, 0) is 11.2 Å². The van der Waals surface area contributed by atoms with Gasteiger partial charge in [-0.25, -0.2) is 9.18 Å². The number of carbonyl (C=O) groups is 1. The topological polar surface area (TPSA) is 70.6 Å². The van der Waals surface area contributed by atoms with E-state index in [-0.39, 0.29) is 18.5 Å². The predicted octanol–water partition coefficient (Wildman–Crippen LogP) is 2.23. The van der Waals surface area contributed by atoms with Crippen molar-refractivity contribution >= 4 is 6.09 Å². The highest BCUT2D eigenvalue weighted by molar-refractivity contribution is 5.68. The summed E-state index contributed by atoms with van der Waals surface area (Å²) in [6, 6.07) is 6.08. The van der Waals surface area contributed by atoms with Gasteiger partial charge in [-0.2, -0.15) is 0 Å². The van der Waals surface area contributed by atoms with Gasteiger partial charge in [0.25, 0.3) is 0 Å². The quantitative estimate of drug-likeness (QED) is 0.641. The molecule has 0 aliphatic rings. The molecule has 0 aromatic heterocycles. The number of aliphatic hydroxyl groups excluding tert-OH is 1. The molecule has 0 radical (unpaired) electrons. The number of hydrogen-bond acceptors (Lipinski definition) is 4. The van der Waals surface area contributed by atoms with Crippen LogP contribution in [0.5, 0.6) is 0 Å². The van der Waals surface area contributed by atoms with Crippen LogP contribution in [0, 0.1) is 5.82 Å². The molecule has 1 atom stereocenters. The van der Waals surface area contributed by atoms with Crippen LogP contribution in [0.1, 0.15) is 32.8 Å². The van der Waals surface area contributed by atoms with Crippen molar-refractivity contribution in [2.75, 3.05) is 19.7 Å². The molecule has 0 spiro atoms. The normalized spacial score (nSPS) is 12.7. The van der Waals surface area contributed by atoms with Crippen molar-refractivity contribution in [2.24, 2.45) is 0 Å². The lowest BCUT2D eigenvalue weighted by molar-refractivity contribution is 0.0503. The maximum Gasteiger partial charge on any atom is 0.407 e. The molecule has 130 valence electrons. The van der Waals surface area contributed by atoms with Crippen LogP contribution >= 0.6 is 0 Å². The summed E-state index contributed by atoms with van der Waals surface area (Å²) in [5, 5.41) is 14.8. The van der Waals surface area contributed by atoms with Crippen molar-refractivity contribution in [3.8, 4) is 0 Å². The molecule has 0 aliphatic carbocycles. The van der Waals surface area contributed by atoms with Gasteiger partial charge in [-0.15, -0.1) is 0 Å². The van der Waals surface area contributed by atoms with Crippen molar-refractivity contribution < 1.29 is 19.0 Å². The van der Waals surface area contributed by atoms with E-state index in [1.807, 2.05) is 6.07 Å². The molecule has 23 heavy (non-hydrogen) atoms. The number of nitrogens with one attached hydrogen (secondary N) is 2. The zero-order chi connectivity index (χ0) is 17.3. The maximum absolute atomic E-state index is 13.3. The summed E-state index contributed by atoms with van der Waals surface area (Å²) in [7, 11) is 0. The molecular formula is C17H27FN2O3. The molecule has 1 amide bonds. The van der Waals surface area contributed by atoms with Gasteiger partial charge in [0.1, 0.15) is 11.4 Å². The van der Waals surface area contributed by atoms with Gasteiger partial charge < -0.3 is 20.5 Å². The third kappa shape index (κ3) is 9.15. The highest BCUT2D eigenvalue weighted by Crippen LogP contribution is 2.09. The molecule has 5 nitrogen and oxygen atoms in total. The van der Waals surface area contributed by atoms with Crippen LogP contribution in [-0.4, -0.2) is 42.5 Å². The van der Waals surface area contributed by atoms with Gasteiger partial charge in [0.15, 0.2) is 0 Å². The summed E-state index contributed by atoms with van der Waals surface area (Å²) in [6.07, 6.45) is 0.630. The first kappa shape index (κ1) is 19.4. The number of amides is 1. The van der Waals surface area contributed by atoms with Crippen molar-refractivity contribution in [2.45, 2.75) is 45.3 Å². The Balaban J connectivity index is 2.62. The van der Waals surface area contributed by atoms with Gasteiger partial charge in [-0.05, 0) is 57.9 Å². The van der Waals surface area contributed by atoms with Gasteiger partial charge in [0.2, 0.25) is 0 Å². The molecule has 0 saturated carbocycles. The lowest BCUT2D eigenvalue weighted by Crippen LogP contribution is -2.45. The molecule has 0 heterocycles. The minimum atomic E-state index is -0.572. The summed E-state index contributed by atoms with van der Waals surface area (Å²) in [5.41, 5.74) is 0.229. The van der Waals surface area contributed by atoms with Crippen LogP contribution in [0.4, 0.5) is 9.18 Å². The second-order valence-electron chi connectivity index (χ2n) is 6.46. The van der Waals surface area contributed by atoms with Crippen LogP contribution in [0.3, 0.4) is 0 Å². The number of aliphatic hydroxyl groups is 1. The van der Waals surface area contributed by atoms with E-state index in [1.165, 1.54) is 12.1 Å². The number of rotatable bonds is 8. The third-order valence-corrected chi connectivity index (χ3v) is 2.99. The number of halogens is 1. The third-order valence-electron chi connectivity index (χ3n) is 2.99. The Morgan fingerprint density at radius 2 is 2.13 bits per heavy atom. The fourth-order valence-corrected chi connectivity index (χ4v) is 2.08. The van der Waals surface area contributed by atoms with Gasteiger partial charge in [0, 0.05) is 19.2 Å². The highest BCUT2D eigenvalue weighted by Gasteiger charge is 2.19. The summed E-state index contributed by atoms with van der Waals surface area (Å²) in [6.45, 7) is 6.66. The van der Waals surface area contributed by atoms with Gasteiger partial charge in [-0.3, -0.25) is 0 Å². The van der Waals surface area contributed by atoms with E-state index >= 15 is 0 Å². The average molecular weight is 326 g/mol. The Hall–Kier alpha value is -1.66. The Labute approximate surface area is 137 Å². The van der Waals surface area contributed by atoms with Crippen molar-refractivity contribution in [3.63, 3.8) is 0 Å². The Kier molecular flexibility index (Phi) is 7.98. The van der Waals surface area contributed by atoms with Crippen LogP contribution in [0.15, 0.2) is 24.3 Å². The second-order valence-corrected chi connectivity index (χ2v) is 6.46. The first-order chi connectivity index (χ1) is 10.8. The number of benzene rings is 1. The summed E-state index contributed by atoms with van der Waals surface area (Å²) >= 11 is 0. The standard InChI is InChI=1S/C17H27FN2O3/c1-17(2,3)23-16(22)20-15(12-19-8-5-9-21)11-13-6-4-7-14(18)10-13/h4,6-7,10,15,19,21H,5,8-9,11-12H2,1-3H3,(H,20,22). The van der Waals surface area contributed by atoms with Crippen LogP contribution in [0.25, 0.3) is 0 Å². The molecule has 1 rings (SSSR count). The first-order valence-electron chi connectivity index (χ1n) is 7.85. The predicted molar refractivity (Wildman–Crippen MR) is 87.8 cm³/mol. The van der Waals surface area contributed by atoms with E-state index in [0.717, 1.165) is 5.56 Å². The molecule has 0 bridgehead atoms. The van der Waals surface area contributed by atoms with Crippen LogP contribution < -0.4 is 10.6 Å². The molecule has 0 aliphatic heterocycles. The van der Waals surface area contributed by atoms with E-state index in [4.69, 9.17) is 9.84 Å². The smallest absolute Gasteiger partial charge is 0.407 e. The fraction of sp³-hybridized carbons (Fsp3) is 0.588. The van der Waals surface area contributed by atoms with E-state index in [0.29, 0.717) is 25.9 Å². The molecule has 0 saturated heterocycles. The maximum atomic E-state index is 13.3. The van der Waals surface area contributed by atoms with Gasteiger partial charge >= 0.3 is 6.09 Å². The van der Waals surface area contributed by atoms with Crippen molar-refractivity contribution in [1.29, 1.82) is 0 Å². The molecule has 0 fully saturated rings. The lowest BCUT2D eigenvalue weighted by atomic mass is 10.1. The van der Waals surface area contributed by atoms with Gasteiger partial charge in [0.05, 0.1) is 0 Å². The number of hydrogen-bond donors (Lipinski definition) is 3. The molecule has 1 unspecified atom stereocenters. The highest BCUT2D eigenvalue weighted by atomic mass is 19.1. The largest absolute Gasteiger partial charge is 0.444 e. The van der Waals surface area contributed by atoms with E-state index in [1.54, 1.807) is 26.8 Å². The Morgan fingerprint density at radius 3 is 2.74 bits per heavy atom. The zero-order valence-corrected chi connectivity index (χ0v) is 14.1. The molecule has 3 N–H and O–H groups in total. The second kappa shape index (κ2) is 9.47. The zero-order valence-electron chi connectivity index (χ0n) is 14.1. The first-order valence-corrected chi connectivity index (χ1v) is 7.85.